The van der Waals surface area contributed by atoms with E-state index in [0.29, 0.717) is 34.2 Å². The van der Waals surface area contributed by atoms with E-state index in [1.54, 1.807) is 13.1 Å². The molecule has 0 saturated carbocycles. The molecule has 0 saturated heterocycles. The summed E-state index contributed by atoms with van der Waals surface area (Å²) in [7, 11) is 4.00. The van der Waals surface area contributed by atoms with Crippen molar-refractivity contribution < 1.29 is 0 Å². The lowest BCUT2D eigenvalue weighted by Gasteiger charge is -2.14. The Kier molecular flexibility index (Phi) is 4.58. The molecule has 0 fully saturated rings. The zero-order chi connectivity index (χ0) is 20.7. The molecule has 1 aliphatic heterocycles. The molecule has 29 heavy (non-hydrogen) atoms. The van der Waals surface area contributed by atoms with Crippen molar-refractivity contribution in [3.05, 3.63) is 81.3 Å². The Morgan fingerprint density at radius 1 is 1.07 bits per heavy atom. The highest BCUT2D eigenvalue weighted by Crippen LogP contribution is 2.26. The number of pyridine rings is 1. The fraction of sp³-hybridized carbons (Fsp3) is 0.227. The molecule has 7 nitrogen and oxygen atoms in total. The van der Waals surface area contributed by atoms with Gasteiger partial charge in [-0.2, -0.15) is 9.78 Å². The third kappa shape index (κ3) is 3.24. The lowest BCUT2D eigenvalue weighted by molar-refractivity contribution is 0.779. The van der Waals surface area contributed by atoms with Crippen molar-refractivity contribution in [2.24, 2.45) is 10.1 Å². The van der Waals surface area contributed by atoms with E-state index in [1.807, 2.05) is 63.2 Å². The van der Waals surface area contributed by atoms with Gasteiger partial charge >= 0.3 is 0 Å². The predicted octanol–water partition coefficient (Wildman–Crippen LogP) is 3.02. The van der Waals surface area contributed by atoms with E-state index < -0.39 is 0 Å². The zero-order valence-electron chi connectivity index (χ0n) is 17.1. The van der Waals surface area contributed by atoms with Crippen LogP contribution < -0.4 is 10.5 Å². The quantitative estimate of drug-likeness (QED) is 0.693. The van der Waals surface area contributed by atoms with Crippen LogP contribution >= 0.6 is 0 Å². The van der Waals surface area contributed by atoms with Gasteiger partial charge in [0.2, 0.25) is 0 Å². The van der Waals surface area contributed by atoms with E-state index in [-0.39, 0.29) is 5.56 Å². The molecule has 2 aromatic heterocycles. The summed E-state index contributed by atoms with van der Waals surface area (Å²) < 4.78 is 1.33. The van der Waals surface area contributed by atoms with Crippen LogP contribution in [0.2, 0.25) is 0 Å². The fourth-order valence-electron chi connectivity index (χ4n) is 3.14. The Bertz CT molecular complexity index is 1220. The SMILES string of the molecule is Cc1cc(N(C)C)ccc1N=C1C(c2ccccn2)=Nn2c1nc(C)c(C)c2=O. The van der Waals surface area contributed by atoms with Crippen molar-refractivity contribution in [3.63, 3.8) is 0 Å². The minimum Gasteiger partial charge on any atom is -0.378 e. The van der Waals surface area contributed by atoms with Crippen molar-refractivity contribution >= 4 is 22.8 Å². The summed E-state index contributed by atoms with van der Waals surface area (Å²) in [6, 6.07) is 11.6. The lowest BCUT2D eigenvalue weighted by atomic mass is 10.1. The second kappa shape index (κ2) is 7.09. The first kappa shape index (κ1) is 18.7. The molecule has 3 aromatic rings. The van der Waals surface area contributed by atoms with Crippen LogP contribution in [-0.2, 0) is 0 Å². The summed E-state index contributed by atoms with van der Waals surface area (Å²) in [5, 5.41) is 4.53. The molecule has 0 unspecified atom stereocenters. The van der Waals surface area contributed by atoms with Gasteiger partial charge in [-0.15, -0.1) is 0 Å². The van der Waals surface area contributed by atoms with Crippen LogP contribution in [0.1, 0.15) is 28.3 Å². The highest BCUT2D eigenvalue weighted by Gasteiger charge is 2.29. The number of hydrogen-bond acceptors (Lipinski definition) is 6. The van der Waals surface area contributed by atoms with Crippen LogP contribution in [-0.4, -0.2) is 40.2 Å². The topological polar surface area (TPSA) is 75.7 Å². The van der Waals surface area contributed by atoms with Crippen molar-refractivity contribution in [2.45, 2.75) is 20.8 Å². The largest absolute Gasteiger partial charge is 0.378 e. The van der Waals surface area contributed by atoms with E-state index >= 15 is 0 Å². The number of aryl methyl sites for hydroxylation is 2. The summed E-state index contributed by atoms with van der Waals surface area (Å²) in [4.78, 5) is 28.7. The van der Waals surface area contributed by atoms with E-state index in [1.165, 1.54) is 4.68 Å². The minimum absolute atomic E-state index is 0.189. The van der Waals surface area contributed by atoms with Crippen LogP contribution in [0.25, 0.3) is 0 Å². The maximum Gasteiger partial charge on any atom is 0.277 e. The molecule has 0 amide bonds. The summed E-state index contributed by atoms with van der Waals surface area (Å²) in [5.74, 6) is 0.440. The molecule has 0 radical (unpaired) electrons. The monoisotopic (exact) mass is 386 g/mol. The van der Waals surface area contributed by atoms with Gasteiger partial charge in [-0.05, 0) is 56.7 Å². The first-order chi connectivity index (χ1) is 13.9. The van der Waals surface area contributed by atoms with Gasteiger partial charge < -0.3 is 4.90 Å². The number of fused-ring (bicyclic) bond motifs is 1. The summed E-state index contributed by atoms with van der Waals surface area (Å²) in [6.07, 6.45) is 1.70. The first-order valence-electron chi connectivity index (χ1n) is 9.35. The average Bonchev–Trinajstić information content (AvgIpc) is 3.06. The molecule has 3 heterocycles. The second-order valence-corrected chi connectivity index (χ2v) is 7.25. The third-order valence-electron chi connectivity index (χ3n) is 5.00. The molecule has 0 spiro atoms. The maximum atomic E-state index is 12.8. The van der Waals surface area contributed by atoms with Gasteiger partial charge in [0.05, 0.1) is 11.4 Å². The Balaban J connectivity index is 1.94. The lowest BCUT2D eigenvalue weighted by Crippen LogP contribution is -2.24. The number of hydrogen-bond donors (Lipinski definition) is 0. The van der Waals surface area contributed by atoms with Crippen molar-refractivity contribution in [1.82, 2.24) is 14.6 Å². The second-order valence-electron chi connectivity index (χ2n) is 7.25. The Hall–Kier alpha value is -3.61. The van der Waals surface area contributed by atoms with Crippen LogP contribution in [0.4, 0.5) is 11.4 Å². The highest BCUT2D eigenvalue weighted by atomic mass is 16.1. The number of aromatic nitrogens is 3. The predicted molar refractivity (Wildman–Crippen MR) is 116 cm³/mol. The molecule has 146 valence electrons. The Morgan fingerprint density at radius 2 is 1.86 bits per heavy atom. The van der Waals surface area contributed by atoms with E-state index in [9.17, 15) is 4.79 Å². The molecule has 0 aliphatic carbocycles. The van der Waals surface area contributed by atoms with E-state index in [0.717, 1.165) is 16.9 Å². The van der Waals surface area contributed by atoms with Gasteiger partial charge in [0, 0.05) is 37.2 Å². The first-order valence-corrected chi connectivity index (χ1v) is 9.35. The number of benzene rings is 1. The molecule has 0 bridgehead atoms. The normalized spacial score (nSPS) is 14.1. The van der Waals surface area contributed by atoms with Crippen LogP contribution in [0.15, 0.2) is 57.5 Å². The minimum atomic E-state index is -0.189. The summed E-state index contributed by atoms with van der Waals surface area (Å²) in [6.45, 7) is 5.60. The van der Waals surface area contributed by atoms with Gasteiger partial charge in [0.1, 0.15) is 11.4 Å². The summed E-state index contributed by atoms with van der Waals surface area (Å²) in [5.41, 5.74) is 5.71. The molecule has 4 rings (SSSR count). The van der Waals surface area contributed by atoms with E-state index in [2.05, 4.69) is 21.1 Å². The van der Waals surface area contributed by atoms with Crippen molar-refractivity contribution in [3.8, 4) is 0 Å². The van der Waals surface area contributed by atoms with Crippen LogP contribution in [0.3, 0.4) is 0 Å². The van der Waals surface area contributed by atoms with Gasteiger partial charge in [0.25, 0.3) is 5.56 Å². The molecule has 7 heteroatoms. The van der Waals surface area contributed by atoms with E-state index in [4.69, 9.17) is 4.99 Å². The molecule has 1 aliphatic rings. The standard InChI is InChI=1S/C22H22N6O/c1-13-12-16(27(4)5)9-10-17(13)25-20-19(18-8-6-7-11-23-18)26-28-21(20)24-15(3)14(2)22(28)29/h6-12H,1-5H3. The molecule has 0 N–H and O–H groups in total. The van der Waals surface area contributed by atoms with Crippen LogP contribution in [0, 0.1) is 20.8 Å². The zero-order valence-corrected chi connectivity index (χ0v) is 17.1. The molecular weight excluding hydrogens is 364 g/mol. The number of nitrogens with zero attached hydrogens (tertiary/aromatic N) is 6. The molecular formula is C22H22N6O. The summed E-state index contributed by atoms with van der Waals surface area (Å²) >= 11 is 0. The Morgan fingerprint density at radius 3 is 2.52 bits per heavy atom. The van der Waals surface area contributed by atoms with Gasteiger partial charge in [0.15, 0.2) is 5.82 Å². The average molecular weight is 386 g/mol. The number of aliphatic imine (C=N–C) groups is 1. The van der Waals surface area contributed by atoms with Crippen molar-refractivity contribution in [1.29, 1.82) is 0 Å². The number of anilines is 1. The Labute approximate surface area is 169 Å². The van der Waals surface area contributed by atoms with Gasteiger partial charge in [-0.1, -0.05) is 6.07 Å². The molecule has 0 atom stereocenters. The third-order valence-corrected chi connectivity index (χ3v) is 5.00. The van der Waals surface area contributed by atoms with Gasteiger partial charge in [-0.3, -0.25) is 9.78 Å². The fourth-order valence-corrected chi connectivity index (χ4v) is 3.14. The smallest absolute Gasteiger partial charge is 0.277 e. The molecule has 1 aromatic carbocycles. The highest BCUT2D eigenvalue weighted by molar-refractivity contribution is 6.53. The van der Waals surface area contributed by atoms with Crippen molar-refractivity contribution in [2.75, 3.05) is 19.0 Å². The van der Waals surface area contributed by atoms with Gasteiger partial charge in [-0.25, -0.2) is 9.98 Å². The maximum absolute atomic E-state index is 12.8. The van der Waals surface area contributed by atoms with Crippen LogP contribution in [0.5, 0.6) is 0 Å². The number of rotatable bonds is 3.